The SMILES string of the molecule is OC(c1cccc2ccsc12)C1CCCNC1. The second-order valence-corrected chi connectivity index (χ2v) is 5.65. The first-order valence-electron chi connectivity index (χ1n) is 6.21. The van der Waals surface area contributed by atoms with Crippen molar-refractivity contribution in [2.24, 2.45) is 5.92 Å². The fraction of sp³-hybridized carbons (Fsp3) is 0.429. The zero-order chi connectivity index (χ0) is 11.7. The van der Waals surface area contributed by atoms with Crippen molar-refractivity contribution in [3.63, 3.8) is 0 Å². The van der Waals surface area contributed by atoms with Crippen LogP contribution in [0.3, 0.4) is 0 Å². The number of rotatable bonds is 2. The third kappa shape index (κ3) is 2.10. The molecule has 17 heavy (non-hydrogen) atoms. The normalized spacial score (nSPS) is 22.8. The summed E-state index contributed by atoms with van der Waals surface area (Å²) in [6, 6.07) is 8.35. The molecular weight excluding hydrogens is 230 g/mol. The van der Waals surface area contributed by atoms with Crippen LogP contribution < -0.4 is 5.32 Å². The zero-order valence-corrected chi connectivity index (χ0v) is 10.5. The van der Waals surface area contributed by atoms with Gasteiger partial charge in [0.1, 0.15) is 0 Å². The van der Waals surface area contributed by atoms with Gasteiger partial charge >= 0.3 is 0 Å². The molecule has 90 valence electrons. The van der Waals surface area contributed by atoms with Crippen molar-refractivity contribution >= 4 is 21.4 Å². The second-order valence-electron chi connectivity index (χ2n) is 4.74. The number of hydrogen-bond acceptors (Lipinski definition) is 3. The van der Waals surface area contributed by atoms with Crippen LogP contribution in [0.2, 0.25) is 0 Å². The maximum Gasteiger partial charge on any atom is 0.0844 e. The number of fused-ring (bicyclic) bond motifs is 1. The highest BCUT2D eigenvalue weighted by molar-refractivity contribution is 7.17. The Morgan fingerprint density at radius 1 is 1.35 bits per heavy atom. The van der Waals surface area contributed by atoms with E-state index in [1.165, 1.54) is 16.5 Å². The summed E-state index contributed by atoms with van der Waals surface area (Å²) in [6.45, 7) is 2.02. The Balaban J connectivity index is 1.94. The average Bonchev–Trinajstić information content (AvgIpc) is 2.87. The third-order valence-electron chi connectivity index (χ3n) is 3.61. The maximum atomic E-state index is 10.5. The van der Waals surface area contributed by atoms with Crippen LogP contribution in [0.4, 0.5) is 0 Å². The highest BCUT2D eigenvalue weighted by Gasteiger charge is 2.24. The minimum Gasteiger partial charge on any atom is -0.388 e. The second kappa shape index (κ2) is 4.77. The Bertz CT molecular complexity index is 502. The number of aliphatic hydroxyl groups excluding tert-OH is 1. The molecule has 1 fully saturated rings. The Labute approximate surface area is 105 Å². The van der Waals surface area contributed by atoms with Crippen molar-refractivity contribution < 1.29 is 5.11 Å². The molecule has 2 unspecified atom stereocenters. The molecule has 2 nitrogen and oxygen atoms in total. The molecule has 0 radical (unpaired) electrons. The highest BCUT2D eigenvalue weighted by atomic mass is 32.1. The van der Waals surface area contributed by atoms with Crippen LogP contribution in [0, 0.1) is 5.92 Å². The number of piperidine rings is 1. The van der Waals surface area contributed by atoms with Gasteiger partial charge in [-0.3, -0.25) is 0 Å². The van der Waals surface area contributed by atoms with Crippen molar-refractivity contribution in [3.05, 3.63) is 35.2 Å². The third-order valence-corrected chi connectivity index (χ3v) is 4.59. The minimum absolute atomic E-state index is 0.329. The summed E-state index contributed by atoms with van der Waals surface area (Å²) in [5, 5.41) is 17.2. The van der Waals surface area contributed by atoms with Gasteiger partial charge in [-0.05, 0) is 41.8 Å². The monoisotopic (exact) mass is 247 g/mol. The summed E-state index contributed by atoms with van der Waals surface area (Å²) in [4.78, 5) is 0. The summed E-state index contributed by atoms with van der Waals surface area (Å²) < 4.78 is 1.24. The lowest BCUT2D eigenvalue weighted by atomic mass is 9.89. The number of nitrogens with one attached hydrogen (secondary N) is 1. The van der Waals surface area contributed by atoms with Gasteiger partial charge in [0.2, 0.25) is 0 Å². The van der Waals surface area contributed by atoms with Gasteiger partial charge in [-0.25, -0.2) is 0 Å². The smallest absolute Gasteiger partial charge is 0.0844 e. The van der Waals surface area contributed by atoms with Gasteiger partial charge in [-0.2, -0.15) is 0 Å². The van der Waals surface area contributed by atoms with E-state index in [-0.39, 0.29) is 6.10 Å². The van der Waals surface area contributed by atoms with Crippen LogP contribution in [0.1, 0.15) is 24.5 Å². The summed E-state index contributed by atoms with van der Waals surface area (Å²) in [5.41, 5.74) is 1.10. The van der Waals surface area contributed by atoms with E-state index in [1.54, 1.807) is 11.3 Å². The van der Waals surface area contributed by atoms with E-state index in [2.05, 4.69) is 28.9 Å². The molecule has 0 amide bonds. The molecule has 0 spiro atoms. The van der Waals surface area contributed by atoms with E-state index in [0.717, 1.165) is 25.1 Å². The molecule has 2 heterocycles. The fourth-order valence-corrected chi connectivity index (χ4v) is 3.60. The van der Waals surface area contributed by atoms with Crippen molar-refractivity contribution in [2.75, 3.05) is 13.1 Å². The Morgan fingerprint density at radius 2 is 2.29 bits per heavy atom. The molecule has 1 aromatic heterocycles. The largest absolute Gasteiger partial charge is 0.388 e. The predicted molar refractivity (Wildman–Crippen MR) is 72.4 cm³/mol. The van der Waals surface area contributed by atoms with Gasteiger partial charge in [-0.15, -0.1) is 11.3 Å². The average molecular weight is 247 g/mol. The van der Waals surface area contributed by atoms with Gasteiger partial charge in [0.15, 0.2) is 0 Å². The molecule has 2 aromatic rings. The molecule has 0 saturated carbocycles. The van der Waals surface area contributed by atoms with Crippen LogP contribution in [0.25, 0.3) is 10.1 Å². The summed E-state index contributed by atoms with van der Waals surface area (Å²) in [7, 11) is 0. The zero-order valence-electron chi connectivity index (χ0n) is 9.73. The van der Waals surface area contributed by atoms with E-state index < -0.39 is 0 Å². The van der Waals surface area contributed by atoms with Gasteiger partial charge in [0.25, 0.3) is 0 Å². The van der Waals surface area contributed by atoms with Crippen molar-refractivity contribution in [2.45, 2.75) is 18.9 Å². The Morgan fingerprint density at radius 3 is 3.12 bits per heavy atom. The number of aliphatic hydroxyl groups is 1. The molecule has 3 rings (SSSR count). The van der Waals surface area contributed by atoms with E-state index in [1.807, 2.05) is 6.07 Å². The molecule has 3 heteroatoms. The van der Waals surface area contributed by atoms with Crippen molar-refractivity contribution in [3.8, 4) is 0 Å². The molecule has 1 saturated heterocycles. The maximum absolute atomic E-state index is 10.5. The Kier molecular flexibility index (Phi) is 3.14. The molecule has 2 atom stereocenters. The molecule has 1 aliphatic rings. The van der Waals surface area contributed by atoms with E-state index in [0.29, 0.717) is 5.92 Å². The first-order chi connectivity index (χ1) is 8.36. The van der Waals surface area contributed by atoms with Crippen LogP contribution in [-0.4, -0.2) is 18.2 Å². The lowest BCUT2D eigenvalue weighted by molar-refractivity contribution is 0.0936. The summed E-state index contributed by atoms with van der Waals surface area (Å²) in [6.07, 6.45) is 1.96. The molecule has 0 aliphatic carbocycles. The first kappa shape index (κ1) is 11.2. The van der Waals surface area contributed by atoms with Crippen molar-refractivity contribution in [1.82, 2.24) is 5.32 Å². The standard InChI is InChI=1S/C14H17NOS/c16-13(11-4-2-7-15-9-11)12-5-1-3-10-6-8-17-14(10)12/h1,3,5-6,8,11,13,15-16H,2,4,7,9H2. The minimum atomic E-state index is -0.329. The summed E-state index contributed by atoms with van der Waals surface area (Å²) in [5.74, 6) is 0.358. The lowest BCUT2D eigenvalue weighted by Crippen LogP contribution is -2.33. The van der Waals surface area contributed by atoms with Crippen LogP contribution in [0.15, 0.2) is 29.6 Å². The fourth-order valence-electron chi connectivity index (χ4n) is 2.65. The molecular formula is C14H17NOS. The topological polar surface area (TPSA) is 32.3 Å². The Hall–Kier alpha value is -0.900. The van der Waals surface area contributed by atoms with Crippen LogP contribution >= 0.6 is 11.3 Å². The quantitative estimate of drug-likeness (QED) is 0.855. The van der Waals surface area contributed by atoms with Gasteiger partial charge in [0, 0.05) is 17.2 Å². The van der Waals surface area contributed by atoms with Gasteiger partial charge in [-0.1, -0.05) is 18.2 Å². The lowest BCUT2D eigenvalue weighted by Gasteiger charge is -2.27. The summed E-state index contributed by atoms with van der Waals surface area (Å²) >= 11 is 1.73. The van der Waals surface area contributed by atoms with Gasteiger partial charge < -0.3 is 10.4 Å². The highest BCUT2D eigenvalue weighted by Crippen LogP contribution is 2.34. The molecule has 1 aliphatic heterocycles. The number of hydrogen-bond donors (Lipinski definition) is 2. The van der Waals surface area contributed by atoms with Gasteiger partial charge in [0.05, 0.1) is 6.10 Å². The molecule has 1 aromatic carbocycles. The van der Waals surface area contributed by atoms with Crippen LogP contribution in [-0.2, 0) is 0 Å². The predicted octanol–water partition coefficient (Wildman–Crippen LogP) is 2.93. The first-order valence-corrected chi connectivity index (χ1v) is 7.09. The molecule has 0 bridgehead atoms. The number of benzene rings is 1. The number of thiophene rings is 1. The molecule has 2 N–H and O–H groups in total. The van der Waals surface area contributed by atoms with E-state index >= 15 is 0 Å². The van der Waals surface area contributed by atoms with Crippen molar-refractivity contribution in [1.29, 1.82) is 0 Å². The van der Waals surface area contributed by atoms with E-state index in [4.69, 9.17) is 0 Å². The van der Waals surface area contributed by atoms with Crippen LogP contribution in [0.5, 0.6) is 0 Å². The van der Waals surface area contributed by atoms with E-state index in [9.17, 15) is 5.11 Å².